The maximum Gasteiger partial charge on any atom is 0.171 e. The van der Waals surface area contributed by atoms with E-state index in [0.29, 0.717) is 11.5 Å². The van der Waals surface area contributed by atoms with Crippen molar-refractivity contribution in [2.75, 3.05) is 0 Å². The van der Waals surface area contributed by atoms with Crippen molar-refractivity contribution in [2.45, 2.75) is 39.7 Å². The lowest BCUT2D eigenvalue weighted by Crippen LogP contribution is -2.51. The summed E-state index contributed by atoms with van der Waals surface area (Å²) in [5.74, 6) is 0.224. The van der Waals surface area contributed by atoms with Crippen molar-refractivity contribution in [1.29, 1.82) is 0 Å². The normalized spacial score (nSPS) is 27.8. The van der Waals surface area contributed by atoms with Crippen LogP contribution in [0.5, 0.6) is 0 Å². The molecule has 1 aliphatic carbocycles. The van der Waals surface area contributed by atoms with Gasteiger partial charge in [0.2, 0.25) is 0 Å². The first-order chi connectivity index (χ1) is 7.93. The fraction of sp³-hybridized carbons (Fsp3) is 0.538. The van der Waals surface area contributed by atoms with Crippen molar-refractivity contribution in [2.24, 2.45) is 5.41 Å². The number of Topliss-reactive ketones (excluding diaryl/α,β-unsaturated/α-hetero) is 1. The van der Waals surface area contributed by atoms with Crippen LogP contribution in [0.25, 0.3) is 0 Å². The van der Waals surface area contributed by atoms with Crippen molar-refractivity contribution >= 4 is 23.1 Å². The van der Waals surface area contributed by atoms with Gasteiger partial charge in [0.05, 0.1) is 6.04 Å². The second-order valence-corrected chi connectivity index (χ2v) is 5.84. The molecular weight excluding hydrogens is 232 g/mol. The molecule has 0 radical (unpaired) electrons. The minimum absolute atomic E-state index is 0.0242. The molecule has 4 heteroatoms. The van der Waals surface area contributed by atoms with Gasteiger partial charge < -0.3 is 10.6 Å². The Bertz CT molecular complexity index is 435. The Hall–Kier alpha value is -1.16. The standard InChI is InChI=1S/C13H18N2OS/c1-4-5-8-11-9(15-12(17)14-8)6-13(2,3)7-10(11)16/h4-5,8H,6-7H2,1-3H3,(H2,14,15,17)/b5-4+/t8-/m1/s1. The lowest BCUT2D eigenvalue weighted by molar-refractivity contribution is -0.118. The van der Waals surface area contributed by atoms with E-state index >= 15 is 0 Å². The van der Waals surface area contributed by atoms with Crippen molar-refractivity contribution in [3.63, 3.8) is 0 Å². The Balaban J connectivity index is 2.42. The van der Waals surface area contributed by atoms with E-state index in [1.807, 2.05) is 19.1 Å². The summed E-state index contributed by atoms with van der Waals surface area (Å²) in [5, 5.41) is 6.88. The van der Waals surface area contributed by atoms with Crippen molar-refractivity contribution in [3.05, 3.63) is 23.4 Å². The lowest BCUT2D eigenvalue weighted by Gasteiger charge is -2.38. The van der Waals surface area contributed by atoms with Crippen LogP contribution in [-0.4, -0.2) is 16.9 Å². The smallest absolute Gasteiger partial charge is 0.171 e. The van der Waals surface area contributed by atoms with Crippen LogP contribution in [0.2, 0.25) is 0 Å². The summed E-state index contributed by atoms with van der Waals surface area (Å²) < 4.78 is 0. The van der Waals surface area contributed by atoms with E-state index < -0.39 is 0 Å². The zero-order valence-electron chi connectivity index (χ0n) is 10.5. The Morgan fingerprint density at radius 2 is 2.12 bits per heavy atom. The van der Waals surface area contributed by atoms with E-state index in [1.165, 1.54) is 0 Å². The highest BCUT2D eigenvalue weighted by Gasteiger charge is 2.38. The average molecular weight is 250 g/mol. The molecule has 2 rings (SSSR count). The maximum atomic E-state index is 12.2. The van der Waals surface area contributed by atoms with Gasteiger partial charge in [0.25, 0.3) is 0 Å². The fourth-order valence-electron chi connectivity index (χ4n) is 2.53. The predicted octanol–water partition coefficient (Wildman–Crippen LogP) is 2.05. The monoisotopic (exact) mass is 250 g/mol. The summed E-state index contributed by atoms with van der Waals surface area (Å²) in [4.78, 5) is 12.2. The summed E-state index contributed by atoms with van der Waals surface area (Å²) in [6, 6.07) is -0.0626. The SMILES string of the molecule is C/C=C/[C@H]1NC(=S)NC2=C1C(=O)CC(C)(C)C2. The third-order valence-corrected chi connectivity index (χ3v) is 3.39. The number of ketones is 1. The Labute approximate surface area is 107 Å². The van der Waals surface area contributed by atoms with Crippen LogP contribution in [0.15, 0.2) is 23.4 Å². The average Bonchev–Trinajstić information content (AvgIpc) is 2.13. The van der Waals surface area contributed by atoms with Crippen LogP contribution in [0.4, 0.5) is 0 Å². The number of allylic oxidation sites excluding steroid dienone is 2. The summed E-state index contributed by atoms with van der Waals surface area (Å²) in [6.45, 7) is 6.18. The zero-order valence-corrected chi connectivity index (χ0v) is 11.3. The molecule has 0 fully saturated rings. The van der Waals surface area contributed by atoms with Crippen LogP contribution in [0.3, 0.4) is 0 Å². The number of thiocarbonyl (C=S) groups is 1. The highest BCUT2D eigenvalue weighted by molar-refractivity contribution is 7.80. The van der Waals surface area contributed by atoms with E-state index in [2.05, 4.69) is 24.5 Å². The quantitative estimate of drug-likeness (QED) is 0.552. The van der Waals surface area contributed by atoms with E-state index in [9.17, 15) is 4.79 Å². The summed E-state index contributed by atoms with van der Waals surface area (Å²) in [7, 11) is 0. The summed E-state index contributed by atoms with van der Waals surface area (Å²) >= 11 is 5.18. The number of rotatable bonds is 1. The molecular formula is C13H18N2OS. The Morgan fingerprint density at radius 3 is 2.76 bits per heavy atom. The summed E-state index contributed by atoms with van der Waals surface area (Å²) in [6.07, 6.45) is 5.42. The molecule has 0 aromatic carbocycles. The number of carbonyl (C=O) groups excluding carboxylic acids is 1. The number of carbonyl (C=O) groups is 1. The topological polar surface area (TPSA) is 41.1 Å². The first kappa shape index (κ1) is 12.3. The highest BCUT2D eigenvalue weighted by atomic mass is 32.1. The Kier molecular flexibility index (Phi) is 3.08. The van der Waals surface area contributed by atoms with Gasteiger partial charge in [-0.2, -0.15) is 0 Å². The van der Waals surface area contributed by atoms with Gasteiger partial charge >= 0.3 is 0 Å². The first-order valence-electron chi connectivity index (χ1n) is 5.89. The largest absolute Gasteiger partial charge is 0.352 e. The molecule has 0 saturated heterocycles. The van der Waals surface area contributed by atoms with Crippen LogP contribution in [0, 0.1) is 5.41 Å². The van der Waals surface area contributed by atoms with Gasteiger partial charge in [0, 0.05) is 17.7 Å². The second-order valence-electron chi connectivity index (χ2n) is 5.44. The highest BCUT2D eigenvalue weighted by Crippen LogP contribution is 2.37. The van der Waals surface area contributed by atoms with Crippen LogP contribution < -0.4 is 10.6 Å². The van der Waals surface area contributed by atoms with E-state index in [1.54, 1.807) is 0 Å². The molecule has 2 N–H and O–H groups in total. The summed E-state index contributed by atoms with van der Waals surface area (Å²) in [5.41, 5.74) is 1.88. The van der Waals surface area contributed by atoms with Crippen LogP contribution >= 0.6 is 12.2 Å². The van der Waals surface area contributed by atoms with Crippen LogP contribution in [-0.2, 0) is 4.79 Å². The predicted molar refractivity (Wildman–Crippen MR) is 72.5 cm³/mol. The fourth-order valence-corrected chi connectivity index (χ4v) is 2.78. The Morgan fingerprint density at radius 1 is 1.41 bits per heavy atom. The molecule has 17 heavy (non-hydrogen) atoms. The minimum atomic E-state index is -0.0626. The third-order valence-electron chi connectivity index (χ3n) is 3.17. The molecule has 1 aliphatic heterocycles. The molecule has 0 amide bonds. The lowest BCUT2D eigenvalue weighted by atomic mass is 9.74. The zero-order chi connectivity index (χ0) is 12.6. The van der Waals surface area contributed by atoms with Crippen molar-refractivity contribution in [1.82, 2.24) is 10.6 Å². The first-order valence-corrected chi connectivity index (χ1v) is 6.30. The molecule has 1 heterocycles. The number of hydrogen-bond donors (Lipinski definition) is 2. The van der Waals surface area contributed by atoms with Gasteiger partial charge in [-0.05, 0) is 31.0 Å². The van der Waals surface area contributed by atoms with E-state index in [0.717, 1.165) is 17.7 Å². The maximum absolute atomic E-state index is 12.2. The molecule has 0 aromatic heterocycles. The van der Waals surface area contributed by atoms with Gasteiger partial charge in [-0.15, -0.1) is 0 Å². The van der Waals surface area contributed by atoms with Crippen molar-refractivity contribution < 1.29 is 4.79 Å². The van der Waals surface area contributed by atoms with Gasteiger partial charge in [-0.25, -0.2) is 0 Å². The molecule has 0 aromatic rings. The molecule has 0 bridgehead atoms. The van der Waals surface area contributed by atoms with Crippen molar-refractivity contribution in [3.8, 4) is 0 Å². The molecule has 2 aliphatic rings. The minimum Gasteiger partial charge on any atom is -0.352 e. The number of nitrogens with one attached hydrogen (secondary N) is 2. The van der Waals surface area contributed by atoms with E-state index in [4.69, 9.17) is 12.2 Å². The van der Waals surface area contributed by atoms with Gasteiger partial charge in [0.15, 0.2) is 10.9 Å². The van der Waals surface area contributed by atoms with Gasteiger partial charge in [-0.3, -0.25) is 4.79 Å². The van der Waals surface area contributed by atoms with Gasteiger partial charge in [0.1, 0.15) is 0 Å². The molecule has 92 valence electrons. The van der Waals surface area contributed by atoms with E-state index in [-0.39, 0.29) is 17.2 Å². The molecule has 3 nitrogen and oxygen atoms in total. The van der Waals surface area contributed by atoms with Gasteiger partial charge in [-0.1, -0.05) is 26.0 Å². The molecule has 0 saturated carbocycles. The number of hydrogen-bond acceptors (Lipinski definition) is 2. The molecule has 0 spiro atoms. The molecule has 1 atom stereocenters. The third kappa shape index (κ3) is 2.41. The van der Waals surface area contributed by atoms with Crippen LogP contribution in [0.1, 0.15) is 33.6 Å². The second kappa shape index (κ2) is 4.26. The molecule has 0 unspecified atom stereocenters.